The summed E-state index contributed by atoms with van der Waals surface area (Å²) in [4.78, 5) is 12.1. The zero-order valence-electron chi connectivity index (χ0n) is 19.3. The minimum absolute atomic E-state index is 0.0256. The molecular weight excluding hydrogens is 442 g/mol. The fourth-order valence-electron chi connectivity index (χ4n) is 3.26. The third kappa shape index (κ3) is 7.76. The van der Waals surface area contributed by atoms with Crippen LogP contribution < -0.4 is 4.74 Å². The molecule has 0 aliphatic carbocycles. The van der Waals surface area contributed by atoms with Gasteiger partial charge in [-0.05, 0) is 56.7 Å². The molecule has 7 nitrogen and oxygen atoms in total. The molecule has 3 aromatic rings. The number of hydrogen-bond donors (Lipinski definition) is 0. The summed E-state index contributed by atoms with van der Waals surface area (Å²) in [6, 6.07) is 17.5. The number of rotatable bonds is 9. The van der Waals surface area contributed by atoms with Gasteiger partial charge in [0.05, 0.1) is 12.9 Å². The van der Waals surface area contributed by atoms with Crippen LogP contribution in [0.2, 0.25) is 0 Å². The van der Waals surface area contributed by atoms with Crippen molar-refractivity contribution in [1.29, 1.82) is 0 Å². The summed E-state index contributed by atoms with van der Waals surface area (Å²) in [7, 11) is -3.56. The van der Waals surface area contributed by atoms with Crippen LogP contribution in [-0.4, -0.2) is 37.4 Å². The van der Waals surface area contributed by atoms with Crippen LogP contribution in [0.3, 0.4) is 0 Å². The van der Waals surface area contributed by atoms with Gasteiger partial charge in [0.15, 0.2) is 0 Å². The van der Waals surface area contributed by atoms with E-state index >= 15 is 0 Å². The Labute approximate surface area is 194 Å². The number of benzene rings is 2. The van der Waals surface area contributed by atoms with Gasteiger partial charge in [-0.3, -0.25) is 4.18 Å². The Hall–Kier alpha value is -3.10. The predicted octanol–water partition coefficient (Wildman–Crippen LogP) is 4.55. The lowest BCUT2D eigenvalue weighted by atomic mass is 10.2. The molecule has 2 aromatic carbocycles. The van der Waals surface area contributed by atoms with Gasteiger partial charge in [-0.2, -0.15) is 8.42 Å². The van der Waals surface area contributed by atoms with Crippen LogP contribution in [0.5, 0.6) is 5.75 Å². The van der Waals surface area contributed by atoms with Crippen LogP contribution >= 0.6 is 0 Å². The summed E-state index contributed by atoms with van der Waals surface area (Å²) in [5, 5.41) is 0.892. The van der Waals surface area contributed by atoms with E-state index in [-0.39, 0.29) is 13.2 Å². The van der Waals surface area contributed by atoms with Crippen molar-refractivity contribution in [3.05, 3.63) is 71.9 Å². The van der Waals surface area contributed by atoms with Gasteiger partial charge in [-0.1, -0.05) is 30.3 Å². The maximum atomic E-state index is 12.1. The summed E-state index contributed by atoms with van der Waals surface area (Å²) in [6.45, 7) is 6.11. The number of aromatic nitrogens is 1. The highest BCUT2D eigenvalue weighted by Crippen LogP contribution is 2.26. The van der Waals surface area contributed by atoms with Crippen molar-refractivity contribution in [3.63, 3.8) is 0 Å². The number of hydrogen-bond acceptors (Lipinski definition) is 6. The molecule has 0 unspecified atom stereocenters. The van der Waals surface area contributed by atoms with E-state index in [1.165, 1.54) is 6.08 Å². The van der Waals surface area contributed by atoms with Crippen molar-refractivity contribution in [2.45, 2.75) is 39.5 Å². The molecule has 8 heteroatoms. The van der Waals surface area contributed by atoms with Crippen LogP contribution in [0, 0.1) is 0 Å². The molecule has 0 saturated heterocycles. The van der Waals surface area contributed by atoms with Gasteiger partial charge < -0.3 is 14.0 Å². The van der Waals surface area contributed by atoms with Gasteiger partial charge in [-0.15, -0.1) is 0 Å². The summed E-state index contributed by atoms with van der Waals surface area (Å²) in [6.07, 6.45) is 4.03. The monoisotopic (exact) mass is 471 g/mol. The highest BCUT2D eigenvalue weighted by atomic mass is 32.2. The number of carbonyl (C=O) groups is 1. The average molecular weight is 472 g/mol. The van der Waals surface area contributed by atoms with Gasteiger partial charge in [-0.25, -0.2) is 4.79 Å². The van der Waals surface area contributed by atoms with Crippen LogP contribution in [0.4, 0.5) is 0 Å². The van der Waals surface area contributed by atoms with Gasteiger partial charge >= 0.3 is 5.97 Å². The molecule has 1 aromatic heterocycles. The van der Waals surface area contributed by atoms with Crippen molar-refractivity contribution in [2.24, 2.45) is 0 Å². The van der Waals surface area contributed by atoms with Crippen LogP contribution in [0.1, 0.15) is 32.0 Å². The smallest absolute Gasteiger partial charge is 0.331 e. The van der Waals surface area contributed by atoms with Crippen molar-refractivity contribution in [2.75, 3.05) is 12.9 Å². The first-order valence-electron chi connectivity index (χ1n) is 10.6. The molecule has 0 aliphatic heterocycles. The molecule has 0 amide bonds. The molecule has 0 saturated carbocycles. The zero-order valence-corrected chi connectivity index (χ0v) is 20.1. The lowest BCUT2D eigenvalue weighted by molar-refractivity contribution is -0.148. The van der Waals surface area contributed by atoms with Crippen molar-refractivity contribution in [3.8, 4) is 5.75 Å². The van der Waals surface area contributed by atoms with E-state index in [1.54, 1.807) is 26.8 Å². The Morgan fingerprint density at radius 3 is 2.45 bits per heavy atom. The van der Waals surface area contributed by atoms with Gasteiger partial charge in [0, 0.05) is 29.2 Å². The zero-order chi connectivity index (χ0) is 24.1. The molecule has 0 fully saturated rings. The molecule has 0 aliphatic rings. The number of ether oxygens (including phenoxy) is 2. The molecule has 0 spiro atoms. The second-order valence-electron chi connectivity index (χ2n) is 8.61. The largest absolute Gasteiger partial charge is 0.489 e. The Morgan fingerprint density at radius 1 is 1.06 bits per heavy atom. The number of esters is 1. The maximum absolute atomic E-state index is 12.1. The Morgan fingerprint density at radius 2 is 1.79 bits per heavy atom. The van der Waals surface area contributed by atoms with E-state index in [1.807, 2.05) is 59.2 Å². The molecule has 0 N–H and O–H groups in total. The SMILES string of the molecule is CC(C)(C)OC(=O)/C=C/c1cc2cc(OCc3ccccc3)ccc2n1CCOS(C)(=O)=O. The molecule has 0 bridgehead atoms. The van der Waals surface area contributed by atoms with E-state index in [0.717, 1.165) is 22.7 Å². The minimum Gasteiger partial charge on any atom is -0.489 e. The molecule has 33 heavy (non-hydrogen) atoms. The fourth-order valence-corrected chi connectivity index (χ4v) is 3.64. The van der Waals surface area contributed by atoms with Crippen LogP contribution in [0.25, 0.3) is 17.0 Å². The summed E-state index contributed by atoms with van der Waals surface area (Å²) < 4.78 is 40.8. The van der Waals surface area contributed by atoms with Crippen LogP contribution in [0.15, 0.2) is 60.7 Å². The second kappa shape index (κ2) is 10.2. The van der Waals surface area contributed by atoms with Gasteiger partial charge in [0.1, 0.15) is 18.0 Å². The van der Waals surface area contributed by atoms with E-state index in [9.17, 15) is 13.2 Å². The van der Waals surface area contributed by atoms with Crippen molar-refractivity contribution in [1.82, 2.24) is 4.57 Å². The van der Waals surface area contributed by atoms with Gasteiger partial charge in [0.25, 0.3) is 10.1 Å². The van der Waals surface area contributed by atoms with Gasteiger partial charge in [0.2, 0.25) is 0 Å². The molecule has 0 atom stereocenters. The minimum atomic E-state index is -3.56. The average Bonchev–Trinajstić information content (AvgIpc) is 3.06. The Bertz CT molecular complexity index is 1240. The highest BCUT2D eigenvalue weighted by Gasteiger charge is 2.15. The lowest BCUT2D eigenvalue weighted by Crippen LogP contribution is -2.22. The first-order chi connectivity index (χ1) is 15.5. The van der Waals surface area contributed by atoms with Crippen molar-refractivity contribution < 1.29 is 26.9 Å². The first kappa shape index (κ1) is 24.5. The highest BCUT2D eigenvalue weighted by molar-refractivity contribution is 7.85. The summed E-state index contributed by atoms with van der Waals surface area (Å²) >= 11 is 0. The van der Waals surface area contributed by atoms with E-state index in [2.05, 4.69) is 0 Å². The number of carbonyl (C=O) groups excluding carboxylic acids is 1. The van der Waals surface area contributed by atoms with E-state index in [4.69, 9.17) is 13.7 Å². The number of fused-ring (bicyclic) bond motifs is 1. The third-order valence-electron chi connectivity index (χ3n) is 4.56. The summed E-state index contributed by atoms with van der Waals surface area (Å²) in [5.74, 6) is 0.247. The normalized spacial score (nSPS) is 12.4. The summed E-state index contributed by atoms with van der Waals surface area (Å²) in [5.41, 5.74) is 2.05. The lowest BCUT2D eigenvalue weighted by Gasteiger charge is -2.17. The van der Waals surface area contributed by atoms with Crippen LogP contribution in [-0.2, 0) is 37.0 Å². The molecule has 176 valence electrons. The Kier molecular flexibility index (Phi) is 7.61. The second-order valence-corrected chi connectivity index (χ2v) is 10.3. The molecular formula is C25H29NO6S. The van der Waals surface area contributed by atoms with E-state index in [0.29, 0.717) is 18.1 Å². The molecule has 1 heterocycles. The quantitative estimate of drug-likeness (QED) is 0.259. The van der Waals surface area contributed by atoms with E-state index < -0.39 is 21.7 Å². The third-order valence-corrected chi connectivity index (χ3v) is 5.16. The van der Waals surface area contributed by atoms with Crippen molar-refractivity contribution >= 4 is 33.1 Å². The number of nitrogens with zero attached hydrogens (tertiary/aromatic N) is 1. The fraction of sp³-hybridized carbons (Fsp3) is 0.320. The predicted molar refractivity (Wildman–Crippen MR) is 128 cm³/mol. The molecule has 0 radical (unpaired) electrons. The standard InChI is InChI=1S/C25H29NO6S/c1-25(2,3)32-24(27)13-10-21-16-20-17-22(30-18-19-8-6-5-7-9-19)11-12-23(20)26(21)14-15-31-33(4,28)29/h5-13,16-17H,14-15,18H2,1-4H3/b13-10+. The first-order valence-corrected chi connectivity index (χ1v) is 12.4. The maximum Gasteiger partial charge on any atom is 0.331 e. The topological polar surface area (TPSA) is 83.8 Å². The Balaban J connectivity index is 1.85. The molecule has 3 rings (SSSR count).